The van der Waals surface area contributed by atoms with Gasteiger partial charge in [-0.25, -0.2) is 0 Å². The number of hydrogen-bond donors (Lipinski definition) is 6. The quantitative estimate of drug-likeness (QED) is 0.228. The summed E-state index contributed by atoms with van der Waals surface area (Å²) in [6.07, 6.45) is 0.846. The van der Waals surface area contributed by atoms with Crippen molar-refractivity contribution in [1.29, 1.82) is 0 Å². The number of allylic oxidation sites excluding steroid dienone is 3. The Morgan fingerprint density at radius 3 is 2.41 bits per heavy atom. The number of carboxylic acid groups (broad SMARTS) is 1. The molecular weight excluding hydrogens is 384 g/mol. The monoisotopic (exact) mass is 418 g/mol. The second kappa shape index (κ2) is 13.8. The molecule has 9 heteroatoms. The molecule has 0 aromatic rings. The van der Waals surface area contributed by atoms with Crippen molar-refractivity contribution in [2.24, 2.45) is 0 Å². The lowest BCUT2D eigenvalue weighted by Crippen LogP contribution is -2.60. The van der Waals surface area contributed by atoms with E-state index in [2.05, 4.69) is 0 Å². The fraction of sp³-hybridized carbons (Fsp3) is 0.750. The summed E-state index contributed by atoms with van der Waals surface area (Å²) in [5.74, 6) is -0.978. The molecule has 6 N–H and O–H groups in total. The highest BCUT2D eigenvalue weighted by Gasteiger charge is 2.45. The average Bonchev–Trinajstić information content (AvgIpc) is 2.69. The van der Waals surface area contributed by atoms with Gasteiger partial charge in [-0.3, -0.25) is 4.79 Å². The van der Waals surface area contributed by atoms with Crippen molar-refractivity contribution in [3.05, 3.63) is 24.3 Å². The van der Waals surface area contributed by atoms with E-state index in [1.54, 1.807) is 6.08 Å². The SMILES string of the molecule is CCC=CCC=CCC(O)C(CCCC(=O)O)OC1OC(CO)C(O)C(O)C1O. The Morgan fingerprint density at radius 1 is 1.10 bits per heavy atom. The molecule has 0 spiro atoms. The molecule has 1 aliphatic heterocycles. The summed E-state index contributed by atoms with van der Waals surface area (Å²) >= 11 is 0. The van der Waals surface area contributed by atoms with Gasteiger partial charge in [0, 0.05) is 6.42 Å². The normalized spacial score (nSPS) is 30.1. The van der Waals surface area contributed by atoms with Crippen molar-refractivity contribution in [3.63, 3.8) is 0 Å². The fourth-order valence-electron chi connectivity index (χ4n) is 2.98. The predicted octanol–water partition coefficient (Wildman–Crippen LogP) is 0.0899. The molecule has 7 atom stereocenters. The molecule has 1 fully saturated rings. The van der Waals surface area contributed by atoms with Gasteiger partial charge in [0.1, 0.15) is 24.4 Å². The van der Waals surface area contributed by atoms with Crippen molar-refractivity contribution in [3.8, 4) is 0 Å². The lowest BCUT2D eigenvalue weighted by Gasteiger charge is -2.41. The summed E-state index contributed by atoms with van der Waals surface area (Å²) in [6, 6.07) is 0. The van der Waals surface area contributed by atoms with Gasteiger partial charge < -0.3 is 40.1 Å². The third-order valence-corrected chi connectivity index (χ3v) is 4.68. The molecule has 0 aromatic heterocycles. The van der Waals surface area contributed by atoms with E-state index in [0.29, 0.717) is 0 Å². The minimum absolute atomic E-state index is 0.112. The van der Waals surface area contributed by atoms with Gasteiger partial charge in [-0.1, -0.05) is 31.2 Å². The molecule has 1 heterocycles. The van der Waals surface area contributed by atoms with E-state index in [0.717, 1.165) is 12.8 Å². The van der Waals surface area contributed by atoms with Gasteiger partial charge >= 0.3 is 5.97 Å². The summed E-state index contributed by atoms with van der Waals surface area (Å²) in [5, 5.41) is 58.4. The zero-order chi connectivity index (χ0) is 21.8. The highest BCUT2D eigenvalue weighted by atomic mass is 16.7. The van der Waals surface area contributed by atoms with E-state index in [-0.39, 0.29) is 25.7 Å². The summed E-state index contributed by atoms with van der Waals surface area (Å²) in [7, 11) is 0. The van der Waals surface area contributed by atoms with E-state index >= 15 is 0 Å². The van der Waals surface area contributed by atoms with Crippen LogP contribution in [-0.4, -0.2) is 86.1 Å². The molecule has 1 aliphatic rings. The van der Waals surface area contributed by atoms with Gasteiger partial charge in [0.15, 0.2) is 6.29 Å². The van der Waals surface area contributed by atoms with Crippen LogP contribution in [0.15, 0.2) is 24.3 Å². The van der Waals surface area contributed by atoms with Crippen LogP contribution in [0.25, 0.3) is 0 Å². The molecule has 0 radical (unpaired) electrons. The molecule has 0 aromatic carbocycles. The van der Waals surface area contributed by atoms with E-state index in [1.807, 2.05) is 25.2 Å². The third-order valence-electron chi connectivity index (χ3n) is 4.68. The number of carbonyl (C=O) groups is 1. The Bertz CT molecular complexity index is 520. The van der Waals surface area contributed by atoms with Crippen LogP contribution < -0.4 is 0 Å². The summed E-state index contributed by atoms with van der Waals surface area (Å²) < 4.78 is 11.0. The van der Waals surface area contributed by atoms with Crippen LogP contribution in [0.3, 0.4) is 0 Å². The second-order valence-corrected chi connectivity index (χ2v) is 7.05. The summed E-state index contributed by atoms with van der Waals surface area (Å²) in [4.78, 5) is 10.8. The summed E-state index contributed by atoms with van der Waals surface area (Å²) in [5.41, 5.74) is 0. The van der Waals surface area contributed by atoms with Crippen molar-refractivity contribution >= 4 is 5.97 Å². The topological polar surface area (TPSA) is 157 Å². The highest BCUT2D eigenvalue weighted by molar-refractivity contribution is 5.66. The average molecular weight is 418 g/mol. The Balaban J connectivity index is 2.74. The standard InChI is InChI=1S/C20H34O9/c1-2-3-4-5-6-7-9-13(22)14(10-8-11-16(23)24)28-20-19(27)18(26)17(25)15(12-21)29-20/h3-4,6-7,13-15,17-22,25-27H,2,5,8-12H2,1H3,(H,23,24). The molecule has 29 heavy (non-hydrogen) atoms. The van der Waals surface area contributed by atoms with Crippen molar-refractivity contribution in [1.82, 2.24) is 0 Å². The van der Waals surface area contributed by atoms with Crippen molar-refractivity contribution in [2.45, 2.75) is 88.4 Å². The lowest BCUT2D eigenvalue weighted by molar-refractivity contribution is -0.317. The first-order valence-corrected chi connectivity index (χ1v) is 9.97. The van der Waals surface area contributed by atoms with Crippen LogP contribution in [0, 0.1) is 0 Å². The Labute approximate surface area is 170 Å². The van der Waals surface area contributed by atoms with Gasteiger partial charge in [-0.15, -0.1) is 0 Å². The molecule has 1 saturated heterocycles. The van der Waals surface area contributed by atoms with Gasteiger partial charge in [0.05, 0.1) is 18.8 Å². The van der Waals surface area contributed by atoms with Crippen LogP contribution in [0.5, 0.6) is 0 Å². The number of aliphatic hydroxyl groups excluding tert-OH is 5. The van der Waals surface area contributed by atoms with E-state index < -0.39 is 55.5 Å². The maximum Gasteiger partial charge on any atom is 0.303 e. The molecule has 9 nitrogen and oxygen atoms in total. The number of carboxylic acids is 1. The zero-order valence-electron chi connectivity index (χ0n) is 16.7. The van der Waals surface area contributed by atoms with Crippen LogP contribution in [0.4, 0.5) is 0 Å². The van der Waals surface area contributed by atoms with Crippen LogP contribution in [0.1, 0.15) is 45.4 Å². The first-order chi connectivity index (χ1) is 13.8. The highest BCUT2D eigenvalue weighted by Crippen LogP contribution is 2.25. The zero-order valence-corrected chi connectivity index (χ0v) is 16.7. The minimum atomic E-state index is -1.59. The molecular formula is C20H34O9. The minimum Gasteiger partial charge on any atom is -0.481 e. The van der Waals surface area contributed by atoms with Gasteiger partial charge in [0.25, 0.3) is 0 Å². The number of ether oxygens (including phenoxy) is 2. The van der Waals surface area contributed by atoms with Gasteiger partial charge in [-0.2, -0.15) is 0 Å². The summed E-state index contributed by atoms with van der Waals surface area (Å²) in [6.45, 7) is 1.44. The van der Waals surface area contributed by atoms with Crippen molar-refractivity contribution < 1.29 is 44.9 Å². The van der Waals surface area contributed by atoms with Crippen molar-refractivity contribution in [2.75, 3.05) is 6.61 Å². The lowest BCUT2D eigenvalue weighted by atomic mass is 9.98. The number of aliphatic hydroxyl groups is 5. The largest absolute Gasteiger partial charge is 0.481 e. The fourth-order valence-corrected chi connectivity index (χ4v) is 2.98. The molecule has 0 aliphatic carbocycles. The molecule has 0 amide bonds. The van der Waals surface area contributed by atoms with Crippen LogP contribution in [0.2, 0.25) is 0 Å². The Morgan fingerprint density at radius 2 is 1.79 bits per heavy atom. The molecule has 0 saturated carbocycles. The third kappa shape index (κ3) is 8.91. The Kier molecular flexibility index (Phi) is 12.2. The number of aliphatic carboxylic acids is 1. The van der Waals surface area contributed by atoms with E-state index in [9.17, 15) is 30.3 Å². The number of rotatable bonds is 13. The first kappa shape index (κ1) is 25.7. The molecule has 168 valence electrons. The van der Waals surface area contributed by atoms with Crippen LogP contribution in [-0.2, 0) is 14.3 Å². The first-order valence-electron chi connectivity index (χ1n) is 9.97. The second-order valence-electron chi connectivity index (χ2n) is 7.05. The van der Waals surface area contributed by atoms with Gasteiger partial charge in [0.2, 0.25) is 0 Å². The molecule has 1 rings (SSSR count). The smallest absolute Gasteiger partial charge is 0.303 e. The Hall–Kier alpha value is -1.33. The maximum atomic E-state index is 10.8. The number of hydrogen-bond acceptors (Lipinski definition) is 8. The van der Waals surface area contributed by atoms with E-state index in [4.69, 9.17) is 14.6 Å². The van der Waals surface area contributed by atoms with Gasteiger partial charge in [-0.05, 0) is 32.1 Å². The predicted molar refractivity (Wildman–Crippen MR) is 104 cm³/mol. The van der Waals surface area contributed by atoms with Crippen LogP contribution >= 0.6 is 0 Å². The molecule has 0 bridgehead atoms. The maximum absolute atomic E-state index is 10.8. The van der Waals surface area contributed by atoms with E-state index in [1.165, 1.54) is 0 Å². The molecule has 7 unspecified atom stereocenters.